The molecule has 0 aliphatic carbocycles. The van der Waals surface area contributed by atoms with Crippen LogP contribution < -0.4 is 10.0 Å². The van der Waals surface area contributed by atoms with E-state index in [0.717, 1.165) is 0 Å². The standard InChI is InChI=1S/C14H17N3O3S2/c1-10(2)12(13(18)16-14-15-8-9-21-14)17-22(19,20)11-6-4-3-5-7-11/h3-10,12,17H,1-2H3,(H,15,16,18)/t12-/m1/s1. The number of sulfonamides is 1. The van der Waals surface area contributed by atoms with Crippen LogP contribution in [-0.4, -0.2) is 25.4 Å². The highest BCUT2D eigenvalue weighted by molar-refractivity contribution is 7.89. The Morgan fingerprint density at radius 3 is 2.45 bits per heavy atom. The zero-order valence-electron chi connectivity index (χ0n) is 12.2. The first-order valence-corrected chi connectivity index (χ1v) is 9.04. The van der Waals surface area contributed by atoms with Crippen LogP contribution in [0.15, 0.2) is 46.8 Å². The maximum absolute atomic E-state index is 12.3. The second-order valence-electron chi connectivity index (χ2n) is 4.98. The Morgan fingerprint density at radius 1 is 1.23 bits per heavy atom. The number of carbonyl (C=O) groups is 1. The smallest absolute Gasteiger partial charge is 0.244 e. The van der Waals surface area contributed by atoms with E-state index in [1.54, 1.807) is 43.6 Å². The normalized spacial score (nSPS) is 13.0. The van der Waals surface area contributed by atoms with Gasteiger partial charge in [-0.25, -0.2) is 13.4 Å². The lowest BCUT2D eigenvalue weighted by atomic mass is 10.1. The molecule has 2 N–H and O–H groups in total. The van der Waals surface area contributed by atoms with Crippen LogP contribution in [0.4, 0.5) is 5.13 Å². The van der Waals surface area contributed by atoms with Crippen LogP contribution in [0.2, 0.25) is 0 Å². The Kier molecular flexibility index (Phi) is 5.28. The Labute approximate surface area is 133 Å². The van der Waals surface area contributed by atoms with Gasteiger partial charge in [0.1, 0.15) is 6.04 Å². The van der Waals surface area contributed by atoms with Gasteiger partial charge in [-0.2, -0.15) is 4.72 Å². The Bertz CT molecular complexity index is 713. The SMILES string of the molecule is CC(C)[C@@H](NS(=O)(=O)c1ccccc1)C(=O)Nc1nccs1. The van der Waals surface area contributed by atoms with Gasteiger partial charge in [0.2, 0.25) is 15.9 Å². The van der Waals surface area contributed by atoms with Crippen LogP contribution in [0.3, 0.4) is 0 Å². The molecule has 2 rings (SSSR count). The lowest BCUT2D eigenvalue weighted by Crippen LogP contribution is -2.46. The van der Waals surface area contributed by atoms with Gasteiger partial charge in [-0.1, -0.05) is 32.0 Å². The number of carbonyl (C=O) groups excluding carboxylic acids is 1. The number of thiazole rings is 1. The summed E-state index contributed by atoms with van der Waals surface area (Å²) in [7, 11) is -3.76. The highest BCUT2D eigenvalue weighted by atomic mass is 32.2. The molecule has 1 aromatic heterocycles. The zero-order chi connectivity index (χ0) is 16.2. The van der Waals surface area contributed by atoms with Crippen LogP contribution in [-0.2, 0) is 14.8 Å². The summed E-state index contributed by atoms with van der Waals surface area (Å²) in [5, 5.41) is 4.79. The quantitative estimate of drug-likeness (QED) is 0.843. The van der Waals surface area contributed by atoms with Crippen molar-refractivity contribution in [2.24, 2.45) is 5.92 Å². The molecule has 0 saturated carbocycles. The fraction of sp³-hybridized carbons (Fsp3) is 0.286. The maximum Gasteiger partial charge on any atom is 0.244 e. The average molecular weight is 339 g/mol. The zero-order valence-corrected chi connectivity index (χ0v) is 13.8. The van der Waals surface area contributed by atoms with E-state index in [4.69, 9.17) is 0 Å². The Balaban J connectivity index is 2.17. The van der Waals surface area contributed by atoms with Crippen molar-refractivity contribution in [1.82, 2.24) is 9.71 Å². The van der Waals surface area contributed by atoms with E-state index in [0.29, 0.717) is 5.13 Å². The number of benzene rings is 1. The summed E-state index contributed by atoms with van der Waals surface area (Å²) in [6, 6.07) is 7.09. The Hall–Kier alpha value is -1.77. The third-order valence-electron chi connectivity index (χ3n) is 2.95. The number of hydrogen-bond donors (Lipinski definition) is 2. The molecule has 0 aliphatic rings. The second-order valence-corrected chi connectivity index (χ2v) is 7.59. The van der Waals surface area contributed by atoms with Crippen molar-refractivity contribution in [3.8, 4) is 0 Å². The molecule has 22 heavy (non-hydrogen) atoms. The van der Waals surface area contributed by atoms with E-state index in [9.17, 15) is 13.2 Å². The Morgan fingerprint density at radius 2 is 1.91 bits per heavy atom. The first-order valence-electron chi connectivity index (χ1n) is 6.68. The molecule has 1 atom stereocenters. The third-order valence-corrected chi connectivity index (χ3v) is 5.09. The summed E-state index contributed by atoms with van der Waals surface area (Å²) in [4.78, 5) is 16.4. The van der Waals surface area contributed by atoms with Crippen molar-refractivity contribution in [2.75, 3.05) is 5.32 Å². The van der Waals surface area contributed by atoms with Gasteiger partial charge in [-0.05, 0) is 18.1 Å². The van der Waals surface area contributed by atoms with Gasteiger partial charge in [0, 0.05) is 11.6 Å². The van der Waals surface area contributed by atoms with E-state index in [2.05, 4.69) is 15.0 Å². The monoisotopic (exact) mass is 339 g/mol. The molecule has 118 valence electrons. The average Bonchev–Trinajstić information content (AvgIpc) is 2.98. The summed E-state index contributed by atoms with van der Waals surface area (Å²) in [5.41, 5.74) is 0. The molecule has 1 heterocycles. The molecular formula is C14H17N3O3S2. The fourth-order valence-corrected chi connectivity index (χ4v) is 3.69. The van der Waals surface area contributed by atoms with Gasteiger partial charge in [-0.3, -0.25) is 4.79 Å². The molecule has 1 aromatic carbocycles. The third kappa shape index (κ3) is 4.12. The number of anilines is 1. The molecule has 0 spiro atoms. The first kappa shape index (κ1) is 16.6. The van der Waals surface area contributed by atoms with Crippen molar-refractivity contribution < 1.29 is 13.2 Å². The summed E-state index contributed by atoms with van der Waals surface area (Å²) in [6.45, 7) is 3.55. The first-order chi connectivity index (χ1) is 10.4. The summed E-state index contributed by atoms with van der Waals surface area (Å²) >= 11 is 1.27. The number of rotatable bonds is 6. The topological polar surface area (TPSA) is 88.2 Å². The molecule has 0 bridgehead atoms. The molecule has 8 heteroatoms. The number of aromatic nitrogens is 1. The van der Waals surface area contributed by atoms with E-state index in [1.165, 1.54) is 23.5 Å². The highest BCUT2D eigenvalue weighted by Gasteiger charge is 2.28. The molecule has 0 saturated heterocycles. The van der Waals surface area contributed by atoms with Crippen LogP contribution in [0.5, 0.6) is 0 Å². The van der Waals surface area contributed by atoms with Crippen LogP contribution in [0.1, 0.15) is 13.8 Å². The number of amides is 1. The minimum absolute atomic E-state index is 0.127. The van der Waals surface area contributed by atoms with E-state index in [1.807, 2.05) is 0 Å². The van der Waals surface area contributed by atoms with Gasteiger partial charge in [-0.15, -0.1) is 11.3 Å². The predicted molar refractivity (Wildman–Crippen MR) is 86.1 cm³/mol. The number of nitrogens with zero attached hydrogens (tertiary/aromatic N) is 1. The summed E-state index contributed by atoms with van der Waals surface area (Å²) in [6.07, 6.45) is 1.57. The highest BCUT2D eigenvalue weighted by Crippen LogP contribution is 2.15. The van der Waals surface area contributed by atoms with Crippen molar-refractivity contribution in [2.45, 2.75) is 24.8 Å². The van der Waals surface area contributed by atoms with Crippen molar-refractivity contribution in [3.05, 3.63) is 41.9 Å². The molecule has 0 radical (unpaired) electrons. The fourth-order valence-electron chi connectivity index (χ4n) is 1.80. The lowest BCUT2D eigenvalue weighted by molar-refractivity contribution is -0.118. The molecule has 6 nitrogen and oxygen atoms in total. The van der Waals surface area contributed by atoms with E-state index < -0.39 is 22.0 Å². The molecule has 0 fully saturated rings. The molecule has 1 amide bonds. The molecule has 2 aromatic rings. The van der Waals surface area contributed by atoms with Crippen molar-refractivity contribution in [1.29, 1.82) is 0 Å². The van der Waals surface area contributed by atoms with Gasteiger partial charge in [0.25, 0.3) is 0 Å². The van der Waals surface area contributed by atoms with Crippen LogP contribution in [0.25, 0.3) is 0 Å². The minimum Gasteiger partial charge on any atom is -0.301 e. The predicted octanol–water partition coefficient (Wildman–Crippen LogP) is 2.08. The van der Waals surface area contributed by atoms with Crippen LogP contribution >= 0.6 is 11.3 Å². The van der Waals surface area contributed by atoms with Crippen molar-refractivity contribution >= 4 is 32.4 Å². The minimum atomic E-state index is -3.76. The van der Waals surface area contributed by atoms with Gasteiger partial charge in [0.05, 0.1) is 4.90 Å². The van der Waals surface area contributed by atoms with Crippen LogP contribution in [0, 0.1) is 5.92 Å². The van der Waals surface area contributed by atoms with Gasteiger partial charge in [0.15, 0.2) is 5.13 Å². The largest absolute Gasteiger partial charge is 0.301 e. The van der Waals surface area contributed by atoms with E-state index in [-0.39, 0.29) is 10.8 Å². The maximum atomic E-state index is 12.3. The summed E-state index contributed by atoms with van der Waals surface area (Å²) < 4.78 is 27.2. The van der Waals surface area contributed by atoms with Gasteiger partial charge >= 0.3 is 0 Å². The molecule has 0 aliphatic heterocycles. The number of nitrogens with one attached hydrogen (secondary N) is 2. The molecule has 0 unspecified atom stereocenters. The van der Waals surface area contributed by atoms with E-state index >= 15 is 0 Å². The van der Waals surface area contributed by atoms with Crippen molar-refractivity contribution in [3.63, 3.8) is 0 Å². The molecular weight excluding hydrogens is 322 g/mol. The lowest BCUT2D eigenvalue weighted by Gasteiger charge is -2.21. The summed E-state index contributed by atoms with van der Waals surface area (Å²) in [5.74, 6) is -0.636. The second kappa shape index (κ2) is 6.99. The number of hydrogen-bond acceptors (Lipinski definition) is 5. The van der Waals surface area contributed by atoms with Gasteiger partial charge < -0.3 is 5.32 Å².